The van der Waals surface area contributed by atoms with Crippen LogP contribution in [-0.4, -0.2) is 28.1 Å². The van der Waals surface area contributed by atoms with Crippen molar-refractivity contribution in [1.82, 2.24) is 14.9 Å². The SMILES string of the molecule is CCn1c(CNCC(C)CSC)nc2ccccc21. The number of aromatic nitrogens is 2. The number of fused-ring (bicyclic) bond motifs is 1. The Morgan fingerprint density at radius 1 is 1.37 bits per heavy atom. The summed E-state index contributed by atoms with van der Waals surface area (Å²) in [6.45, 7) is 7.33. The molecule has 0 spiro atoms. The average Bonchev–Trinajstić information content (AvgIpc) is 2.76. The second-order valence-electron chi connectivity index (χ2n) is 4.95. The van der Waals surface area contributed by atoms with Crippen molar-refractivity contribution < 1.29 is 0 Å². The van der Waals surface area contributed by atoms with Crippen molar-refractivity contribution in [3.8, 4) is 0 Å². The van der Waals surface area contributed by atoms with Gasteiger partial charge in [0.25, 0.3) is 0 Å². The molecule has 1 atom stereocenters. The first-order valence-electron chi connectivity index (χ1n) is 6.90. The lowest BCUT2D eigenvalue weighted by Crippen LogP contribution is -2.23. The van der Waals surface area contributed by atoms with Gasteiger partial charge in [0.2, 0.25) is 0 Å². The molecule has 0 bridgehead atoms. The molecule has 0 radical (unpaired) electrons. The molecule has 0 saturated carbocycles. The Balaban J connectivity index is 2.04. The number of para-hydroxylation sites is 2. The highest BCUT2D eigenvalue weighted by Crippen LogP contribution is 2.15. The molecule has 0 amide bonds. The fourth-order valence-corrected chi connectivity index (χ4v) is 3.07. The van der Waals surface area contributed by atoms with Crippen molar-refractivity contribution in [2.75, 3.05) is 18.6 Å². The van der Waals surface area contributed by atoms with Gasteiger partial charge in [-0.1, -0.05) is 19.1 Å². The molecule has 19 heavy (non-hydrogen) atoms. The molecule has 0 saturated heterocycles. The normalized spacial score (nSPS) is 13.0. The Bertz CT molecular complexity index is 521. The highest BCUT2D eigenvalue weighted by Gasteiger charge is 2.09. The molecule has 1 unspecified atom stereocenters. The molecule has 0 aliphatic rings. The van der Waals surface area contributed by atoms with Gasteiger partial charge in [0.15, 0.2) is 0 Å². The summed E-state index contributed by atoms with van der Waals surface area (Å²) in [5.41, 5.74) is 2.33. The summed E-state index contributed by atoms with van der Waals surface area (Å²) in [6, 6.07) is 8.36. The van der Waals surface area contributed by atoms with Crippen molar-refractivity contribution in [3.05, 3.63) is 30.1 Å². The number of hydrogen-bond acceptors (Lipinski definition) is 3. The van der Waals surface area contributed by atoms with E-state index in [-0.39, 0.29) is 0 Å². The standard InChI is InChI=1S/C15H23N3S/c1-4-18-14-8-6-5-7-13(14)17-15(18)10-16-9-12(2)11-19-3/h5-8,12,16H,4,9-11H2,1-3H3. The predicted octanol–water partition coefficient (Wildman–Crippen LogP) is 3.14. The zero-order valence-electron chi connectivity index (χ0n) is 12.0. The molecule has 1 N–H and O–H groups in total. The van der Waals surface area contributed by atoms with Crippen LogP contribution in [0.4, 0.5) is 0 Å². The quantitative estimate of drug-likeness (QED) is 0.843. The number of nitrogens with one attached hydrogen (secondary N) is 1. The minimum Gasteiger partial charge on any atom is -0.327 e. The van der Waals surface area contributed by atoms with Gasteiger partial charge in [0, 0.05) is 6.54 Å². The summed E-state index contributed by atoms with van der Waals surface area (Å²) in [4.78, 5) is 4.72. The maximum absolute atomic E-state index is 4.72. The Morgan fingerprint density at radius 2 is 2.16 bits per heavy atom. The van der Waals surface area contributed by atoms with Gasteiger partial charge in [-0.15, -0.1) is 0 Å². The van der Waals surface area contributed by atoms with Crippen molar-refractivity contribution in [1.29, 1.82) is 0 Å². The van der Waals surface area contributed by atoms with E-state index in [9.17, 15) is 0 Å². The molecular weight excluding hydrogens is 254 g/mol. The summed E-state index contributed by atoms with van der Waals surface area (Å²) >= 11 is 1.91. The Morgan fingerprint density at radius 3 is 2.89 bits per heavy atom. The molecule has 0 aliphatic heterocycles. The fraction of sp³-hybridized carbons (Fsp3) is 0.533. The van der Waals surface area contributed by atoms with E-state index in [0.29, 0.717) is 5.92 Å². The van der Waals surface area contributed by atoms with E-state index >= 15 is 0 Å². The maximum Gasteiger partial charge on any atom is 0.123 e. The van der Waals surface area contributed by atoms with Crippen LogP contribution >= 0.6 is 11.8 Å². The van der Waals surface area contributed by atoms with Crippen LogP contribution in [0.2, 0.25) is 0 Å². The van der Waals surface area contributed by atoms with E-state index in [4.69, 9.17) is 4.98 Å². The van der Waals surface area contributed by atoms with Gasteiger partial charge in [0.1, 0.15) is 5.82 Å². The van der Waals surface area contributed by atoms with Gasteiger partial charge in [-0.3, -0.25) is 0 Å². The predicted molar refractivity (Wildman–Crippen MR) is 84.7 cm³/mol. The van der Waals surface area contributed by atoms with E-state index in [0.717, 1.165) is 31.0 Å². The number of aryl methyl sites for hydroxylation is 1. The van der Waals surface area contributed by atoms with Gasteiger partial charge in [-0.25, -0.2) is 4.98 Å². The van der Waals surface area contributed by atoms with Crippen LogP contribution in [0.15, 0.2) is 24.3 Å². The average molecular weight is 277 g/mol. The van der Waals surface area contributed by atoms with Gasteiger partial charge < -0.3 is 9.88 Å². The topological polar surface area (TPSA) is 29.9 Å². The number of thioether (sulfide) groups is 1. The fourth-order valence-electron chi connectivity index (χ4n) is 2.39. The number of imidazole rings is 1. The molecule has 4 heteroatoms. The van der Waals surface area contributed by atoms with Crippen LogP contribution in [0.1, 0.15) is 19.7 Å². The Labute approximate surface area is 119 Å². The molecule has 104 valence electrons. The van der Waals surface area contributed by atoms with Gasteiger partial charge in [-0.05, 0) is 43.5 Å². The third-order valence-corrected chi connectivity index (χ3v) is 4.18. The van der Waals surface area contributed by atoms with Gasteiger partial charge in [-0.2, -0.15) is 11.8 Å². The van der Waals surface area contributed by atoms with Crippen molar-refractivity contribution in [3.63, 3.8) is 0 Å². The lowest BCUT2D eigenvalue weighted by atomic mass is 10.2. The van der Waals surface area contributed by atoms with Crippen LogP contribution in [0.25, 0.3) is 11.0 Å². The third-order valence-electron chi connectivity index (χ3n) is 3.28. The zero-order valence-corrected chi connectivity index (χ0v) is 12.8. The molecule has 1 aromatic carbocycles. The zero-order chi connectivity index (χ0) is 13.7. The number of benzene rings is 1. The van der Waals surface area contributed by atoms with Gasteiger partial charge in [0.05, 0.1) is 17.6 Å². The van der Waals surface area contributed by atoms with E-state index in [1.165, 1.54) is 11.3 Å². The minimum absolute atomic E-state index is 0.703. The second-order valence-corrected chi connectivity index (χ2v) is 5.86. The Kier molecular flexibility index (Phi) is 5.28. The summed E-state index contributed by atoms with van der Waals surface area (Å²) < 4.78 is 2.29. The van der Waals surface area contributed by atoms with Crippen LogP contribution in [0.3, 0.4) is 0 Å². The summed E-state index contributed by atoms with van der Waals surface area (Å²) in [5.74, 6) is 3.05. The first kappa shape index (κ1) is 14.4. The molecule has 1 heterocycles. The van der Waals surface area contributed by atoms with Gasteiger partial charge >= 0.3 is 0 Å². The summed E-state index contributed by atoms with van der Waals surface area (Å²) in [7, 11) is 0. The van der Waals surface area contributed by atoms with Crippen molar-refractivity contribution in [2.45, 2.75) is 26.9 Å². The van der Waals surface area contributed by atoms with Crippen LogP contribution in [0, 0.1) is 5.92 Å². The monoisotopic (exact) mass is 277 g/mol. The van der Waals surface area contributed by atoms with Crippen LogP contribution < -0.4 is 5.32 Å². The molecule has 0 fully saturated rings. The first-order chi connectivity index (χ1) is 9.26. The molecular formula is C15H23N3S. The van der Waals surface area contributed by atoms with E-state index < -0.39 is 0 Å². The summed E-state index contributed by atoms with van der Waals surface area (Å²) in [5, 5.41) is 3.53. The lowest BCUT2D eigenvalue weighted by Gasteiger charge is -2.11. The molecule has 0 aliphatic carbocycles. The van der Waals surface area contributed by atoms with Crippen molar-refractivity contribution >= 4 is 22.8 Å². The van der Waals surface area contributed by atoms with E-state index in [1.54, 1.807) is 0 Å². The largest absolute Gasteiger partial charge is 0.327 e. The molecule has 1 aromatic heterocycles. The maximum atomic E-state index is 4.72. The molecule has 2 aromatic rings. The Hall–Kier alpha value is -1.00. The lowest BCUT2D eigenvalue weighted by molar-refractivity contribution is 0.538. The van der Waals surface area contributed by atoms with E-state index in [1.807, 2.05) is 17.8 Å². The van der Waals surface area contributed by atoms with Crippen LogP contribution in [-0.2, 0) is 13.1 Å². The van der Waals surface area contributed by atoms with Crippen LogP contribution in [0.5, 0.6) is 0 Å². The highest BCUT2D eigenvalue weighted by molar-refractivity contribution is 7.98. The number of nitrogens with zero attached hydrogens (tertiary/aromatic N) is 2. The minimum atomic E-state index is 0.703. The highest BCUT2D eigenvalue weighted by atomic mass is 32.2. The third kappa shape index (κ3) is 3.51. The second kappa shape index (κ2) is 6.96. The number of hydrogen-bond donors (Lipinski definition) is 1. The number of rotatable bonds is 7. The van der Waals surface area contributed by atoms with E-state index in [2.05, 4.69) is 48.2 Å². The first-order valence-corrected chi connectivity index (χ1v) is 8.29. The van der Waals surface area contributed by atoms with Crippen molar-refractivity contribution in [2.24, 2.45) is 5.92 Å². The smallest absolute Gasteiger partial charge is 0.123 e. The molecule has 3 nitrogen and oxygen atoms in total. The summed E-state index contributed by atoms with van der Waals surface area (Å²) in [6.07, 6.45) is 2.16. The molecule has 2 rings (SSSR count).